The van der Waals surface area contributed by atoms with Crippen molar-refractivity contribution in [2.24, 2.45) is 11.8 Å². The van der Waals surface area contributed by atoms with E-state index in [9.17, 15) is 4.79 Å². The zero-order chi connectivity index (χ0) is 16.4. The third-order valence-electron chi connectivity index (χ3n) is 5.74. The molecule has 1 N–H and O–H groups in total. The van der Waals surface area contributed by atoms with Crippen LogP contribution in [0.25, 0.3) is 0 Å². The smallest absolute Gasteiger partial charge is 1.00 e. The van der Waals surface area contributed by atoms with E-state index < -0.39 is 24.0 Å². The first-order chi connectivity index (χ1) is 10.3. The third kappa shape index (κ3) is 5.23. The maximum Gasteiger partial charge on any atom is -1.00 e. The summed E-state index contributed by atoms with van der Waals surface area (Å²) >= 11 is -1.63. The summed E-state index contributed by atoms with van der Waals surface area (Å²) in [4.78, 5) is 12.8. The van der Waals surface area contributed by atoms with Crippen LogP contribution in [0, 0.1) is 11.8 Å². The van der Waals surface area contributed by atoms with Crippen LogP contribution in [0.15, 0.2) is 20.6 Å². The van der Waals surface area contributed by atoms with Crippen molar-refractivity contribution in [1.29, 1.82) is 0 Å². The van der Waals surface area contributed by atoms with Gasteiger partial charge in [-0.1, -0.05) is 0 Å². The number of amides is 1. The molecule has 1 atom stereocenters. The molecule has 1 amide bonds. The molecule has 0 heterocycles. The second-order valence-corrected chi connectivity index (χ2v) is 20.1. The van der Waals surface area contributed by atoms with Crippen LogP contribution in [-0.2, 0) is 22.2 Å². The van der Waals surface area contributed by atoms with Gasteiger partial charge < -0.3 is 24.8 Å². The van der Waals surface area contributed by atoms with E-state index in [-0.39, 0.29) is 24.8 Å². The molecule has 0 aromatic carbocycles. The molecular formula is C18H32Cl2NOSiTi. The third-order valence-corrected chi connectivity index (χ3v) is 17.2. The van der Waals surface area contributed by atoms with Gasteiger partial charge in [0, 0.05) is 0 Å². The number of rotatable bonds is 4. The molecule has 1 fully saturated rings. The average Bonchev–Trinajstić information content (AvgIpc) is 2.69. The number of allylic oxidation sites excluding steroid dienone is 4. The van der Waals surface area contributed by atoms with Gasteiger partial charge in [0.15, 0.2) is 0 Å². The second-order valence-electron chi connectivity index (χ2n) is 7.46. The van der Waals surface area contributed by atoms with E-state index in [1.54, 1.807) is 3.88 Å². The zero-order valence-corrected chi connectivity index (χ0v) is 20.2. The van der Waals surface area contributed by atoms with Crippen LogP contribution in [0.4, 0.5) is 0 Å². The molecule has 0 aromatic heterocycles. The molecule has 0 aromatic rings. The Morgan fingerprint density at radius 1 is 1.04 bits per heavy atom. The van der Waals surface area contributed by atoms with Gasteiger partial charge >= 0.3 is 144 Å². The Morgan fingerprint density at radius 2 is 1.58 bits per heavy atom. The Morgan fingerprint density at radius 3 is 2.00 bits per heavy atom. The molecule has 24 heavy (non-hydrogen) atoms. The molecule has 0 aliphatic heterocycles. The molecule has 0 radical (unpaired) electrons. The van der Waals surface area contributed by atoms with Crippen molar-refractivity contribution in [2.75, 3.05) is 0 Å². The SMILES string of the molecule is CC1=C(C)C(C)[C]([Ti+2]([NH]C(=O)C2CCCCC2)[SiH](C)C)=C1C.[Cl-].[Cl-]. The maximum absolute atomic E-state index is 12.8. The summed E-state index contributed by atoms with van der Waals surface area (Å²) in [5, 5.41) is 0. The predicted octanol–water partition coefficient (Wildman–Crippen LogP) is -1.53. The van der Waals surface area contributed by atoms with E-state index in [4.69, 9.17) is 0 Å². The van der Waals surface area contributed by atoms with E-state index >= 15 is 0 Å². The Hall–Kier alpha value is 0.461. The molecule has 2 nitrogen and oxygen atoms in total. The quantitative estimate of drug-likeness (QED) is 0.545. The van der Waals surface area contributed by atoms with Gasteiger partial charge in [-0.15, -0.1) is 0 Å². The minimum atomic E-state index is -1.63. The molecule has 2 rings (SSSR count). The van der Waals surface area contributed by atoms with Crippen LogP contribution in [0.2, 0.25) is 13.1 Å². The van der Waals surface area contributed by atoms with Crippen molar-refractivity contribution in [2.45, 2.75) is 72.9 Å². The van der Waals surface area contributed by atoms with Crippen LogP contribution < -0.4 is 28.6 Å². The molecule has 0 bridgehead atoms. The first kappa shape index (κ1) is 24.5. The van der Waals surface area contributed by atoms with E-state index in [0.717, 1.165) is 12.8 Å². The Balaban J connectivity index is 0.00000264. The zero-order valence-electron chi connectivity index (χ0n) is 15.9. The van der Waals surface area contributed by atoms with Crippen molar-refractivity contribution in [3.63, 3.8) is 0 Å². The second kappa shape index (κ2) is 10.6. The van der Waals surface area contributed by atoms with Gasteiger partial charge in [-0.3, -0.25) is 0 Å². The van der Waals surface area contributed by atoms with Crippen molar-refractivity contribution in [1.82, 2.24) is 3.80 Å². The molecule has 1 unspecified atom stereocenters. The fourth-order valence-corrected chi connectivity index (χ4v) is 14.5. The standard InChI is InChI=1S/C9H13.C7H13NO.C2H7Si.2ClH.Ti/c1-6-5-7(2)9(4)8(6)3;8-7(9)6-4-2-1-3-5-6;1-3-2;;;/h6H,1-4H3;6H,1-5H2,(H2,8,9);3H,1-2H3;2*1H;/q;;;;;+3/p-3. The fraction of sp³-hybridized carbons (Fsp3) is 0.722. The number of carbonyl (C=O) groups is 1. The van der Waals surface area contributed by atoms with E-state index in [2.05, 4.69) is 44.6 Å². The normalized spacial score (nSPS) is 21.5. The fourth-order valence-electron chi connectivity index (χ4n) is 3.92. The Labute approximate surface area is 168 Å². The molecule has 2 aliphatic rings. The molecule has 2 aliphatic carbocycles. The van der Waals surface area contributed by atoms with Gasteiger partial charge in [-0.25, -0.2) is 0 Å². The molecule has 0 saturated heterocycles. The predicted molar refractivity (Wildman–Crippen MR) is 93.8 cm³/mol. The minimum absolute atomic E-state index is 0. The summed E-state index contributed by atoms with van der Waals surface area (Å²) in [6.07, 6.45) is 6.02. The van der Waals surface area contributed by atoms with E-state index in [0.29, 0.717) is 17.7 Å². The van der Waals surface area contributed by atoms with Crippen molar-refractivity contribution < 1.29 is 47.0 Å². The van der Waals surface area contributed by atoms with Crippen LogP contribution in [0.1, 0.15) is 59.8 Å². The largest absolute Gasteiger partial charge is 1.00 e. The van der Waals surface area contributed by atoms with Gasteiger partial charge in [0.05, 0.1) is 0 Å². The molecule has 0 spiro atoms. The maximum atomic E-state index is 12.8. The van der Waals surface area contributed by atoms with Crippen LogP contribution >= 0.6 is 0 Å². The van der Waals surface area contributed by atoms with Crippen LogP contribution in [0.5, 0.6) is 0 Å². The number of halogens is 2. The van der Waals surface area contributed by atoms with E-state index in [1.807, 2.05) is 0 Å². The van der Waals surface area contributed by atoms with E-state index in [1.165, 1.54) is 36.0 Å². The summed E-state index contributed by atoms with van der Waals surface area (Å²) < 4.78 is 5.30. The van der Waals surface area contributed by atoms with Gasteiger partial charge in [0.1, 0.15) is 0 Å². The molecular weight excluding hydrogens is 393 g/mol. The summed E-state index contributed by atoms with van der Waals surface area (Å²) in [7, 11) is 0. The topological polar surface area (TPSA) is 29.1 Å². The number of carbonyl (C=O) groups excluding carboxylic acids is 1. The van der Waals surface area contributed by atoms with Crippen molar-refractivity contribution in [3.8, 4) is 0 Å². The Kier molecular flexibility index (Phi) is 10.8. The van der Waals surface area contributed by atoms with Crippen molar-refractivity contribution >= 4 is 12.6 Å². The summed E-state index contributed by atoms with van der Waals surface area (Å²) in [6, 6.07) is 0. The van der Waals surface area contributed by atoms with Gasteiger partial charge in [0.25, 0.3) is 0 Å². The number of hydrogen-bond donors (Lipinski definition) is 1. The number of hydrogen-bond acceptors (Lipinski definition) is 1. The van der Waals surface area contributed by atoms with Gasteiger partial charge in [-0.05, 0) is 0 Å². The van der Waals surface area contributed by atoms with Crippen molar-refractivity contribution in [3.05, 3.63) is 20.6 Å². The first-order valence-electron chi connectivity index (χ1n) is 8.91. The van der Waals surface area contributed by atoms with Crippen LogP contribution in [-0.4, -0.2) is 12.6 Å². The van der Waals surface area contributed by atoms with Gasteiger partial charge in [0.2, 0.25) is 0 Å². The molecule has 6 heteroatoms. The van der Waals surface area contributed by atoms with Crippen LogP contribution in [0.3, 0.4) is 0 Å². The molecule has 137 valence electrons. The monoisotopic (exact) mass is 424 g/mol. The molecule has 1 saturated carbocycles. The summed E-state index contributed by atoms with van der Waals surface area (Å²) in [5.74, 6) is 1.26. The Bertz CT molecular complexity index is 513. The van der Waals surface area contributed by atoms with Gasteiger partial charge in [-0.2, -0.15) is 0 Å². The first-order valence-corrected chi connectivity index (χ1v) is 16.1. The summed E-state index contributed by atoms with van der Waals surface area (Å²) in [5.41, 5.74) is 4.51. The number of nitrogens with one attached hydrogen (secondary N) is 1. The average molecular weight is 425 g/mol. The summed E-state index contributed by atoms with van der Waals surface area (Å²) in [6.45, 7) is 13.2. The minimum Gasteiger partial charge on any atom is -1.00 e.